The van der Waals surface area contributed by atoms with Crippen molar-refractivity contribution in [2.24, 2.45) is 0 Å². The highest BCUT2D eigenvalue weighted by Crippen LogP contribution is 2.29. The molecule has 0 aliphatic carbocycles. The molecule has 1 unspecified atom stereocenters. The van der Waals surface area contributed by atoms with Crippen molar-refractivity contribution < 1.29 is 8.78 Å². The standard InChI is InChI=1S/C15H13BrClF2N/c1-2-20-15(9-3-5-14(19)12(17)7-9)11-8-10(16)4-6-13(11)18/h3-8,15,20H,2H2,1H3. The van der Waals surface area contributed by atoms with Crippen molar-refractivity contribution >= 4 is 27.5 Å². The Hall–Kier alpha value is -0.970. The van der Waals surface area contributed by atoms with Gasteiger partial charge in [-0.2, -0.15) is 0 Å². The lowest BCUT2D eigenvalue weighted by atomic mass is 9.98. The molecule has 0 saturated carbocycles. The molecule has 0 fully saturated rings. The first-order valence-corrected chi connectivity index (χ1v) is 7.33. The van der Waals surface area contributed by atoms with Gasteiger partial charge in [0.15, 0.2) is 0 Å². The smallest absolute Gasteiger partial charge is 0.141 e. The summed E-state index contributed by atoms with van der Waals surface area (Å²) in [4.78, 5) is 0. The molecule has 20 heavy (non-hydrogen) atoms. The molecule has 0 amide bonds. The Kier molecular flexibility index (Phi) is 5.13. The summed E-state index contributed by atoms with van der Waals surface area (Å²) >= 11 is 9.14. The first-order chi connectivity index (χ1) is 9.52. The van der Waals surface area contributed by atoms with Crippen molar-refractivity contribution in [3.05, 3.63) is 68.7 Å². The molecule has 0 saturated heterocycles. The number of benzene rings is 2. The fourth-order valence-corrected chi connectivity index (χ4v) is 2.61. The van der Waals surface area contributed by atoms with E-state index in [1.54, 1.807) is 18.2 Å². The molecule has 0 aromatic heterocycles. The van der Waals surface area contributed by atoms with E-state index in [0.717, 1.165) is 10.0 Å². The highest BCUT2D eigenvalue weighted by molar-refractivity contribution is 9.10. The molecular weight excluding hydrogens is 348 g/mol. The summed E-state index contributed by atoms with van der Waals surface area (Å²) in [5.74, 6) is -0.806. The summed E-state index contributed by atoms with van der Waals surface area (Å²) in [6.45, 7) is 2.57. The van der Waals surface area contributed by atoms with E-state index >= 15 is 0 Å². The first-order valence-electron chi connectivity index (χ1n) is 6.16. The van der Waals surface area contributed by atoms with E-state index in [9.17, 15) is 8.78 Å². The van der Waals surface area contributed by atoms with Crippen LogP contribution in [0.1, 0.15) is 24.1 Å². The molecule has 0 bridgehead atoms. The SMILES string of the molecule is CCNC(c1ccc(F)c(Cl)c1)c1cc(Br)ccc1F. The van der Waals surface area contributed by atoms with Crippen LogP contribution in [0, 0.1) is 11.6 Å². The van der Waals surface area contributed by atoms with Gasteiger partial charge in [-0.1, -0.05) is 40.5 Å². The van der Waals surface area contributed by atoms with E-state index in [1.165, 1.54) is 18.2 Å². The van der Waals surface area contributed by atoms with Gasteiger partial charge in [-0.25, -0.2) is 8.78 Å². The number of nitrogens with one attached hydrogen (secondary N) is 1. The van der Waals surface area contributed by atoms with Crippen LogP contribution >= 0.6 is 27.5 Å². The maximum absolute atomic E-state index is 14.0. The molecular formula is C15H13BrClF2N. The Labute approximate surface area is 130 Å². The van der Waals surface area contributed by atoms with Crippen molar-refractivity contribution in [3.63, 3.8) is 0 Å². The van der Waals surface area contributed by atoms with E-state index in [4.69, 9.17) is 11.6 Å². The summed E-state index contributed by atoms with van der Waals surface area (Å²) in [7, 11) is 0. The molecule has 2 aromatic carbocycles. The number of halogens is 4. The highest BCUT2D eigenvalue weighted by atomic mass is 79.9. The number of rotatable bonds is 4. The fourth-order valence-electron chi connectivity index (χ4n) is 2.04. The van der Waals surface area contributed by atoms with Gasteiger partial charge in [-0.05, 0) is 42.4 Å². The Morgan fingerprint density at radius 2 is 1.85 bits per heavy atom. The topological polar surface area (TPSA) is 12.0 Å². The molecule has 1 N–H and O–H groups in total. The third-order valence-corrected chi connectivity index (χ3v) is 3.74. The zero-order valence-electron chi connectivity index (χ0n) is 10.8. The summed E-state index contributed by atoms with van der Waals surface area (Å²) in [5.41, 5.74) is 1.21. The van der Waals surface area contributed by atoms with Crippen molar-refractivity contribution in [1.82, 2.24) is 5.32 Å². The van der Waals surface area contributed by atoms with Gasteiger partial charge in [0.05, 0.1) is 11.1 Å². The molecule has 0 aliphatic rings. The second-order valence-corrected chi connectivity index (χ2v) is 5.65. The second kappa shape index (κ2) is 6.66. The van der Waals surface area contributed by atoms with Gasteiger partial charge >= 0.3 is 0 Å². The van der Waals surface area contributed by atoms with Crippen LogP contribution in [0.5, 0.6) is 0 Å². The highest BCUT2D eigenvalue weighted by Gasteiger charge is 2.18. The van der Waals surface area contributed by atoms with Crippen LogP contribution in [0.15, 0.2) is 40.9 Å². The summed E-state index contributed by atoms with van der Waals surface area (Å²) < 4.78 is 28.1. The molecule has 2 aromatic rings. The molecule has 0 radical (unpaired) electrons. The van der Waals surface area contributed by atoms with Gasteiger partial charge in [0, 0.05) is 10.0 Å². The van der Waals surface area contributed by atoms with Crippen LogP contribution in [-0.4, -0.2) is 6.54 Å². The Bertz CT molecular complexity index is 619. The zero-order chi connectivity index (χ0) is 14.7. The Balaban J connectivity index is 2.49. The Morgan fingerprint density at radius 1 is 1.15 bits per heavy atom. The van der Waals surface area contributed by atoms with Crippen LogP contribution in [0.4, 0.5) is 8.78 Å². The molecule has 0 spiro atoms. The molecule has 2 rings (SSSR count). The van der Waals surface area contributed by atoms with E-state index in [0.29, 0.717) is 12.1 Å². The summed E-state index contributed by atoms with van der Waals surface area (Å²) in [5, 5.41) is 3.22. The van der Waals surface area contributed by atoms with E-state index in [-0.39, 0.29) is 16.9 Å². The average Bonchev–Trinajstić information content (AvgIpc) is 2.42. The minimum Gasteiger partial charge on any atom is -0.306 e. The lowest BCUT2D eigenvalue weighted by Gasteiger charge is -2.20. The van der Waals surface area contributed by atoms with E-state index in [2.05, 4.69) is 21.2 Å². The van der Waals surface area contributed by atoms with Gasteiger partial charge in [0.1, 0.15) is 11.6 Å². The number of hydrogen-bond donors (Lipinski definition) is 1. The third kappa shape index (κ3) is 3.37. The number of hydrogen-bond acceptors (Lipinski definition) is 1. The predicted octanol–water partition coefficient (Wildman–Crippen LogP) is 5.08. The van der Waals surface area contributed by atoms with Crippen LogP contribution in [0.3, 0.4) is 0 Å². The minimum absolute atomic E-state index is 0.0285. The molecule has 1 atom stereocenters. The van der Waals surface area contributed by atoms with Gasteiger partial charge in [0.25, 0.3) is 0 Å². The van der Waals surface area contributed by atoms with E-state index < -0.39 is 5.82 Å². The normalized spacial score (nSPS) is 12.4. The maximum atomic E-state index is 14.0. The lowest BCUT2D eigenvalue weighted by Crippen LogP contribution is -2.23. The predicted molar refractivity (Wildman–Crippen MR) is 81.0 cm³/mol. The van der Waals surface area contributed by atoms with Crippen molar-refractivity contribution in [1.29, 1.82) is 0 Å². The quantitative estimate of drug-likeness (QED) is 0.802. The summed E-state index contributed by atoms with van der Waals surface area (Å²) in [6.07, 6.45) is 0. The fraction of sp³-hybridized carbons (Fsp3) is 0.200. The molecule has 5 heteroatoms. The monoisotopic (exact) mass is 359 g/mol. The third-order valence-electron chi connectivity index (χ3n) is 2.95. The molecule has 0 aliphatic heterocycles. The van der Waals surface area contributed by atoms with Crippen LogP contribution in [0.2, 0.25) is 5.02 Å². The molecule has 1 nitrogen and oxygen atoms in total. The van der Waals surface area contributed by atoms with E-state index in [1.807, 2.05) is 6.92 Å². The van der Waals surface area contributed by atoms with Crippen molar-refractivity contribution in [2.75, 3.05) is 6.54 Å². The van der Waals surface area contributed by atoms with Gasteiger partial charge in [-0.3, -0.25) is 0 Å². The summed E-state index contributed by atoms with van der Waals surface area (Å²) in [6, 6.07) is 8.78. The van der Waals surface area contributed by atoms with Crippen LogP contribution in [0.25, 0.3) is 0 Å². The Morgan fingerprint density at radius 3 is 2.50 bits per heavy atom. The largest absolute Gasteiger partial charge is 0.306 e. The molecule has 106 valence electrons. The van der Waals surface area contributed by atoms with Gasteiger partial charge in [-0.15, -0.1) is 0 Å². The van der Waals surface area contributed by atoms with Gasteiger partial charge in [0.2, 0.25) is 0 Å². The zero-order valence-corrected chi connectivity index (χ0v) is 13.1. The van der Waals surface area contributed by atoms with Crippen LogP contribution < -0.4 is 5.32 Å². The molecule has 0 heterocycles. The first kappa shape index (κ1) is 15.4. The second-order valence-electron chi connectivity index (χ2n) is 4.33. The van der Waals surface area contributed by atoms with Crippen molar-refractivity contribution in [2.45, 2.75) is 13.0 Å². The average molecular weight is 361 g/mol. The van der Waals surface area contributed by atoms with Crippen molar-refractivity contribution in [3.8, 4) is 0 Å². The minimum atomic E-state index is -0.486. The van der Waals surface area contributed by atoms with Gasteiger partial charge < -0.3 is 5.32 Å². The maximum Gasteiger partial charge on any atom is 0.141 e. The van der Waals surface area contributed by atoms with Crippen LogP contribution in [-0.2, 0) is 0 Å². The lowest BCUT2D eigenvalue weighted by molar-refractivity contribution is 0.557.